The van der Waals surface area contributed by atoms with E-state index in [-0.39, 0.29) is 5.91 Å². The van der Waals surface area contributed by atoms with Gasteiger partial charge in [-0.05, 0) is 26.1 Å². The largest absolute Gasteiger partial charge is 0.342 e. The van der Waals surface area contributed by atoms with Crippen LogP contribution in [0.1, 0.15) is 16.8 Å². The summed E-state index contributed by atoms with van der Waals surface area (Å²) < 4.78 is 0. The van der Waals surface area contributed by atoms with Crippen LogP contribution in [0.3, 0.4) is 0 Å². The summed E-state index contributed by atoms with van der Waals surface area (Å²) in [5, 5.41) is 3.44. The van der Waals surface area contributed by atoms with Crippen LogP contribution in [-0.4, -0.2) is 43.0 Å². The van der Waals surface area contributed by atoms with Crippen molar-refractivity contribution in [1.82, 2.24) is 15.2 Å². The highest BCUT2D eigenvalue weighted by Crippen LogP contribution is 2.15. The first-order valence-corrected chi connectivity index (χ1v) is 5.54. The lowest BCUT2D eigenvalue weighted by Crippen LogP contribution is -2.29. The van der Waals surface area contributed by atoms with Crippen LogP contribution in [0.2, 0.25) is 5.02 Å². The molecule has 4 nitrogen and oxygen atoms in total. The molecule has 0 fully saturated rings. The SMILES string of the molecule is CNCCCN(C)C(=O)c1ccncc1Cl. The average molecular weight is 242 g/mol. The molecule has 1 rings (SSSR count). The Labute approximate surface area is 101 Å². The molecule has 0 saturated carbocycles. The van der Waals surface area contributed by atoms with Gasteiger partial charge in [0.25, 0.3) is 5.91 Å². The predicted molar refractivity (Wildman–Crippen MR) is 64.8 cm³/mol. The Morgan fingerprint density at radius 1 is 1.62 bits per heavy atom. The summed E-state index contributed by atoms with van der Waals surface area (Å²) >= 11 is 5.90. The van der Waals surface area contributed by atoms with Gasteiger partial charge in [0.2, 0.25) is 0 Å². The number of nitrogens with zero attached hydrogens (tertiary/aromatic N) is 2. The van der Waals surface area contributed by atoms with Gasteiger partial charge in [-0.3, -0.25) is 9.78 Å². The summed E-state index contributed by atoms with van der Waals surface area (Å²) in [6, 6.07) is 1.64. The third kappa shape index (κ3) is 3.47. The third-order valence-electron chi connectivity index (χ3n) is 2.27. The van der Waals surface area contributed by atoms with E-state index in [1.54, 1.807) is 24.2 Å². The summed E-state index contributed by atoms with van der Waals surface area (Å²) in [5.74, 6) is -0.0662. The Bertz CT molecular complexity index is 357. The van der Waals surface area contributed by atoms with Gasteiger partial charge in [-0.15, -0.1) is 0 Å². The standard InChI is InChI=1S/C11H16ClN3O/c1-13-5-3-7-15(2)11(16)9-4-6-14-8-10(9)12/h4,6,8,13H,3,5,7H2,1-2H3. The van der Waals surface area contributed by atoms with Gasteiger partial charge in [0.05, 0.1) is 10.6 Å². The Kier molecular flexibility index (Phi) is 5.22. The molecule has 0 atom stereocenters. The van der Waals surface area contributed by atoms with Gasteiger partial charge in [0.15, 0.2) is 0 Å². The lowest BCUT2D eigenvalue weighted by Gasteiger charge is -2.17. The first kappa shape index (κ1) is 12.9. The molecule has 88 valence electrons. The minimum Gasteiger partial charge on any atom is -0.342 e. The fraction of sp³-hybridized carbons (Fsp3) is 0.455. The number of halogens is 1. The molecule has 0 spiro atoms. The average Bonchev–Trinajstić information content (AvgIpc) is 2.29. The van der Waals surface area contributed by atoms with Crippen molar-refractivity contribution >= 4 is 17.5 Å². The zero-order valence-corrected chi connectivity index (χ0v) is 10.3. The molecule has 0 bridgehead atoms. The van der Waals surface area contributed by atoms with E-state index < -0.39 is 0 Å². The molecule has 5 heteroatoms. The van der Waals surface area contributed by atoms with Crippen molar-refractivity contribution in [3.63, 3.8) is 0 Å². The summed E-state index contributed by atoms with van der Waals surface area (Å²) in [5.41, 5.74) is 0.503. The van der Waals surface area contributed by atoms with E-state index in [9.17, 15) is 4.79 Å². The van der Waals surface area contributed by atoms with Crippen LogP contribution >= 0.6 is 11.6 Å². The van der Waals surface area contributed by atoms with E-state index >= 15 is 0 Å². The quantitative estimate of drug-likeness (QED) is 0.793. The fourth-order valence-corrected chi connectivity index (χ4v) is 1.55. The maximum absolute atomic E-state index is 12.0. The molecule has 0 aromatic carbocycles. The molecule has 16 heavy (non-hydrogen) atoms. The van der Waals surface area contributed by atoms with Crippen molar-refractivity contribution in [1.29, 1.82) is 0 Å². The number of carbonyl (C=O) groups is 1. The number of rotatable bonds is 5. The van der Waals surface area contributed by atoms with E-state index in [4.69, 9.17) is 11.6 Å². The van der Waals surface area contributed by atoms with Crippen molar-refractivity contribution in [2.75, 3.05) is 27.2 Å². The number of nitrogens with one attached hydrogen (secondary N) is 1. The molecule has 1 N–H and O–H groups in total. The van der Waals surface area contributed by atoms with E-state index in [0.717, 1.165) is 13.0 Å². The number of pyridine rings is 1. The Hall–Kier alpha value is -1.13. The van der Waals surface area contributed by atoms with Gasteiger partial charge in [0, 0.05) is 26.0 Å². The Balaban J connectivity index is 2.60. The molecule has 1 heterocycles. The van der Waals surface area contributed by atoms with E-state index in [1.165, 1.54) is 6.20 Å². The third-order valence-corrected chi connectivity index (χ3v) is 2.57. The van der Waals surface area contributed by atoms with Crippen molar-refractivity contribution in [3.8, 4) is 0 Å². The highest BCUT2D eigenvalue weighted by molar-refractivity contribution is 6.33. The van der Waals surface area contributed by atoms with E-state index in [0.29, 0.717) is 17.1 Å². The van der Waals surface area contributed by atoms with Crippen LogP contribution in [0, 0.1) is 0 Å². The maximum Gasteiger partial charge on any atom is 0.255 e. The number of hydrogen-bond donors (Lipinski definition) is 1. The summed E-state index contributed by atoms with van der Waals surface area (Å²) in [7, 11) is 3.66. The topological polar surface area (TPSA) is 45.2 Å². The zero-order valence-electron chi connectivity index (χ0n) is 9.53. The number of aromatic nitrogens is 1. The van der Waals surface area contributed by atoms with Gasteiger partial charge in [-0.1, -0.05) is 11.6 Å². The fourth-order valence-electron chi connectivity index (χ4n) is 1.35. The molecule has 0 aliphatic carbocycles. The normalized spacial score (nSPS) is 10.2. The number of amides is 1. The molecule has 0 unspecified atom stereocenters. The van der Waals surface area contributed by atoms with E-state index in [2.05, 4.69) is 10.3 Å². The van der Waals surface area contributed by atoms with Crippen molar-refractivity contribution in [3.05, 3.63) is 29.0 Å². The van der Waals surface area contributed by atoms with Crippen LogP contribution in [0.25, 0.3) is 0 Å². The second kappa shape index (κ2) is 6.45. The molecule has 1 aromatic rings. The lowest BCUT2D eigenvalue weighted by molar-refractivity contribution is 0.0794. The van der Waals surface area contributed by atoms with Crippen molar-refractivity contribution in [2.24, 2.45) is 0 Å². The molecule has 0 aliphatic heterocycles. The van der Waals surface area contributed by atoms with Crippen LogP contribution < -0.4 is 5.32 Å². The number of hydrogen-bond acceptors (Lipinski definition) is 3. The zero-order chi connectivity index (χ0) is 12.0. The van der Waals surface area contributed by atoms with Crippen LogP contribution in [0.5, 0.6) is 0 Å². The minimum atomic E-state index is -0.0662. The number of carbonyl (C=O) groups excluding carboxylic acids is 1. The molecule has 1 aromatic heterocycles. The first-order valence-electron chi connectivity index (χ1n) is 5.16. The minimum absolute atomic E-state index is 0.0662. The summed E-state index contributed by atoms with van der Waals surface area (Å²) in [6.07, 6.45) is 3.97. The molecule has 1 amide bonds. The lowest BCUT2D eigenvalue weighted by atomic mass is 10.2. The monoisotopic (exact) mass is 241 g/mol. The molecular weight excluding hydrogens is 226 g/mol. The van der Waals surface area contributed by atoms with Gasteiger partial charge >= 0.3 is 0 Å². The van der Waals surface area contributed by atoms with Crippen LogP contribution in [0.4, 0.5) is 0 Å². The second-order valence-corrected chi connectivity index (χ2v) is 3.95. The highest BCUT2D eigenvalue weighted by atomic mass is 35.5. The predicted octanol–water partition coefficient (Wildman–Crippen LogP) is 1.42. The summed E-state index contributed by atoms with van der Waals surface area (Å²) in [6.45, 7) is 1.60. The Morgan fingerprint density at radius 2 is 2.38 bits per heavy atom. The first-order chi connectivity index (χ1) is 7.66. The van der Waals surface area contributed by atoms with Gasteiger partial charge < -0.3 is 10.2 Å². The molecule has 0 saturated heterocycles. The van der Waals surface area contributed by atoms with E-state index in [1.807, 2.05) is 7.05 Å². The molecular formula is C11H16ClN3O. The smallest absolute Gasteiger partial charge is 0.255 e. The second-order valence-electron chi connectivity index (χ2n) is 3.54. The maximum atomic E-state index is 12.0. The summed E-state index contributed by atoms with van der Waals surface area (Å²) in [4.78, 5) is 17.5. The van der Waals surface area contributed by atoms with Gasteiger partial charge in [-0.25, -0.2) is 0 Å². The molecule has 0 aliphatic rings. The van der Waals surface area contributed by atoms with Gasteiger partial charge in [0.1, 0.15) is 0 Å². The van der Waals surface area contributed by atoms with Gasteiger partial charge in [-0.2, -0.15) is 0 Å². The highest BCUT2D eigenvalue weighted by Gasteiger charge is 2.14. The van der Waals surface area contributed by atoms with Crippen LogP contribution in [0.15, 0.2) is 18.5 Å². The van der Waals surface area contributed by atoms with Crippen LogP contribution in [-0.2, 0) is 0 Å². The van der Waals surface area contributed by atoms with Crippen molar-refractivity contribution in [2.45, 2.75) is 6.42 Å². The Morgan fingerprint density at radius 3 is 3.00 bits per heavy atom. The molecule has 0 radical (unpaired) electrons. The van der Waals surface area contributed by atoms with Crippen molar-refractivity contribution < 1.29 is 4.79 Å².